The van der Waals surface area contributed by atoms with Crippen LogP contribution in [0, 0.1) is 0 Å². The van der Waals surface area contributed by atoms with Crippen LogP contribution < -0.4 is 5.32 Å². The Labute approximate surface area is 131 Å². The van der Waals surface area contributed by atoms with Crippen LogP contribution in [-0.2, 0) is 0 Å². The van der Waals surface area contributed by atoms with E-state index in [1.807, 2.05) is 0 Å². The number of amides is 1. The molecule has 7 nitrogen and oxygen atoms in total. The maximum Gasteiger partial charge on any atom is 0.308 e. The highest BCUT2D eigenvalue weighted by Gasteiger charge is 2.30. The standard InChI is InChI=1S/C15H25N5O2/c1-19-7-3-9-20(11-10-19)8-2-6-16-13(21)15-18-17-14(22-15)12-4-5-12/h12H,2-11H2,1H3,(H,16,21). The lowest BCUT2D eigenvalue weighted by Gasteiger charge is -2.19. The summed E-state index contributed by atoms with van der Waals surface area (Å²) in [6.45, 7) is 6.22. The maximum absolute atomic E-state index is 11.9. The normalized spacial score (nSPS) is 20.8. The molecular weight excluding hydrogens is 282 g/mol. The van der Waals surface area contributed by atoms with Gasteiger partial charge < -0.3 is 19.5 Å². The summed E-state index contributed by atoms with van der Waals surface area (Å²) in [4.78, 5) is 16.8. The van der Waals surface area contributed by atoms with Crippen molar-refractivity contribution in [1.82, 2.24) is 25.3 Å². The van der Waals surface area contributed by atoms with Crippen molar-refractivity contribution in [2.24, 2.45) is 0 Å². The van der Waals surface area contributed by atoms with Gasteiger partial charge in [0.1, 0.15) is 0 Å². The average Bonchev–Trinajstić information content (AvgIpc) is 3.28. The van der Waals surface area contributed by atoms with E-state index in [1.165, 1.54) is 13.0 Å². The van der Waals surface area contributed by atoms with Crippen LogP contribution in [0.3, 0.4) is 0 Å². The van der Waals surface area contributed by atoms with Gasteiger partial charge in [0.05, 0.1) is 0 Å². The summed E-state index contributed by atoms with van der Waals surface area (Å²) in [6, 6.07) is 0. The minimum Gasteiger partial charge on any atom is -0.417 e. The first kappa shape index (κ1) is 15.4. The summed E-state index contributed by atoms with van der Waals surface area (Å²) in [7, 11) is 2.17. The molecule has 122 valence electrons. The van der Waals surface area contributed by atoms with E-state index in [0.29, 0.717) is 18.4 Å². The largest absolute Gasteiger partial charge is 0.417 e. The zero-order valence-electron chi connectivity index (χ0n) is 13.3. The van der Waals surface area contributed by atoms with Gasteiger partial charge >= 0.3 is 11.8 Å². The fourth-order valence-corrected chi connectivity index (χ4v) is 2.73. The topological polar surface area (TPSA) is 74.5 Å². The van der Waals surface area contributed by atoms with Crippen LogP contribution in [0.4, 0.5) is 0 Å². The third kappa shape index (κ3) is 4.27. The summed E-state index contributed by atoms with van der Waals surface area (Å²) < 4.78 is 5.39. The molecular formula is C15H25N5O2. The highest BCUT2D eigenvalue weighted by atomic mass is 16.4. The van der Waals surface area contributed by atoms with Crippen molar-refractivity contribution < 1.29 is 9.21 Å². The Hall–Kier alpha value is -1.47. The van der Waals surface area contributed by atoms with Gasteiger partial charge in [0, 0.05) is 25.6 Å². The number of nitrogens with zero attached hydrogens (tertiary/aromatic N) is 4. The molecule has 1 saturated heterocycles. The van der Waals surface area contributed by atoms with Crippen LogP contribution in [0.25, 0.3) is 0 Å². The number of hydrogen-bond donors (Lipinski definition) is 1. The third-order valence-electron chi connectivity index (χ3n) is 4.31. The van der Waals surface area contributed by atoms with Crippen LogP contribution >= 0.6 is 0 Å². The van der Waals surface area contributed by atoms with E-state index < -0.39 is 0 Å². The zero-order valence-corrected chi connectivity index (χ0v) is 13.3. The second kappa shape index (κ2) is 7.19. The van der Waals surface area contributed by atoms with E-state index in [2.05, 4.69) is 32.4 Å². The monoisotopic (exact) mass is 307 g/mol. The maximum atomic E-state index is 11.9. The highest BCUT2D eigenvalue weighted by Crippen LogP contribution is 2.38. The number of aromatic nitrogens is 2. The van der Waals surface area contributed by atoms with Crippen LogP contribution in [0.15, 0.2) is 4.42 Å². The molecule has 0 bridgehead atoms. The van der Waals surface area contributed by atoms with E-state index in [9.17, 15) is 4.79 Å². The Morgan fingerprint density at radius 3 is 2.95 bits per heavy atom. The Bertz CT molecular complexity index is 500. The molecule has 22 heavy (non-hydrogen) atoms. The zero-order chi connectivity index (χ0) is 15.4. The van der Waals surface area contributed by atoms with Gasteiger partial charge in [-0.3, -0.25) is 4.79 Å². The first-order chi connectivity index (χ1) is 10.7. The lowest BCUT2D eigenvalue weighted by Crippen LogP contribution is -2.32. The van der Waals surface area contributed by atoms with E-state index in [-0.39, 0.29) is 11.8 Å². The summed E-state index contributed by atoms with van der Waals surface area (Å²) in [6.07, 6.45) is 4.34. The Morgan fingerprint density at radius 1 is 1.27 bits per heavy atom. The van der Waals surface area contributed by atoms with Crippen molar-refractivity contribution in [3.05, 3.63) is 11.8 Å². The molecule has 0 atom stereocenters. The molecule has 2 heterocycles. The first-order valence-corrected chi connectivity index (χ1v) is 8.25. The number of carbonyl (C=O) groups is 1. The molecule has 1 aromatic heterocycles. The summed E-state index contributed by atoms with van der Waals surface area (Å²) in [5.41, 5.74) is 0. The van der Waals surface area contributed by atoms with E-state index in [4.69, 9.17) is 4.42 Å². The highest BCUT2D eigenvalue weighted by molar-refractivity contribution is 5.89. The molecule has 1 saturated carbocycles. The number of nitrogens with one attached hydrogen (secondary N) is 1. The van der Waals surface area contributed by atoms with Crippen molar-refractivity contribution in [2.75, 3.05) is 46.3 Å². The van der Waals surface area contributed by atoms with E-state index >= 15 is 0 Å². The molecule has 3 rings (SSSR count). The fraction of sp³-hybridized carbons (Fsp3) is 0.800. The second-order valence-corrected chi connectivity index (χ2v) is 6.33. The van der Waals surface area contributed by atoms with E-state index in [0.717, 1.165) is 45.4 Å². The SMILES string of the molecule is CN1CCCN(CCCNC(=O)c2nnc(C3CC3)o2)CC1. The van der Waals surface area contributed by atoms with Gasteiger partial charge in [-0.1, -0.05) is 0 Å². The van der Waals surface area contributed by atoms with Crippen molar-refractivity contribution >= 4 is 5.91 Å². The minimum atomic E-state index is -0.255. The van der Waals surface area contributed by atoms with Crippen molar-refractivity contribution in [2.45, 2.75) is 31.6 Å². The van der Waals surface area contributed by atoms with Gasteiger partial charge in [-0.15, -0.1) is 10.2 Å². The number of likely N-dealkylation sites (N-methyl/N-ethyl adjacent to an activating group) is 1. The minimum absolute atomic E-state index is 0.0956. The molecule has 0 spiro atoms. The molecule has 2 fully saturated rings. The predicted molar refractivity (Wildman–Crippen MR) is 81.8 cm³/mol. The van der Waals surface area contributed by atoms with Gasteiger partial charge in [0.15, 0.2) is 0 Å². The molecule has 1 amide bonds. The van der Waals surface area contributed by atoms with Gasteiger partial charge in [-0.2, -0.15) is 0 Å². The predicted octanol–water partition coefficient (Wildman–Crippen LogP) is 0.704. The van der Waals surface area contributed by atoms with Crippen LogP contribution in [0.1, 0.15) is 48.2 Å². The van der Waals surface area contributed by atoms with Gasteiger partial charge in [0.25, 0.3) is 0 Å². The quantitative estimate of drug-likeness (QED) is 0.780. The molecule has 1 aliphatic carbocycles. The Morgan fingerprint density at radius 2 is 2.14 bits per heavy atom. The van der Waals surface area contributed by atoms with Gasteiger partial charge in [-0.05, 0) is 52.4 Å². The molecule has 0 unspecified atom stereocenters. The third-order valence-corrected chi connectivity index (χ3v) is 4.31. The summed E-state index contributed by atoms with van der Waals surface area (Å²) in [5.74, 6) is 0.836. The summed E-state index contributed by atoms with van der Waals surface area (Å²) >= 11 is 0. The molecule has 2 aliphatic rings. The number of carbonyl (C=O) groups excluding carboxylic acids is 1. The van der Waals surface area contributed by atoms with Crippen molar-refractivity contribution in [3.8, 4) is 0 Å². The Kier molecular flexibility index (Phi) is 5.04. The molecule has 0 radical (unpaired) electrons. The molecule has 1 aliphatic heterocycles. The fourth-order valence-electron chi connectivity index (χ4n) is 2.73. The number of rotatable bonds is 6. The van der Waals surface area contributed by atoms with Gasteiger partial charge in [-0.25, -0.2) is 0 Å². The molecule has 1 aromatic rings. The van der Waals surface area contributed by atoms with Crippen LogP contribution in [-0.4, -0.2) is 72.2 Å². The second-order valence-electron chi connectivity index (χ2n) is 6.33. The average molecular weight is 307 g/mol. The van der Waals surface area contributed by atoms with E-state index in [1.54, 1.807) is 0 Å². The lowest BCUT2D eigenvalue weighted by molar-refractivity contribution is 0.0915. The smallest absolute Gasteiger partial charge is 0.308 e. The number of hydrogen-bond acceptors (Lipinski definition) is 6. The lowest BCUT2D eigenvalue weighted by atomic mass is 10.3. The van der Waals surface area contributed by atoms with Crippen LogP contribution in [0.5, 0.6) is 0 Å². The summed E-state index contributed by atoms with van der Waals surface area (Å²) in [5, 5.41) is 10.6. The van der Waals surface area contributed by atoms with Crippen LogP contribution in [0.2, 0.25) is 0 Å². The molecule has 0 aromatic carbocycles. The first-order valence-electron chi connectivity index (χ1n) is 8.25. The van der Waals surface area contributed by atoms with Crippen molar-refractivity contribution in [3.63, 3.8) is 0 Å². The van der Waals surface area contributed by atoms with Gasteiger partial charge in [0.2, 0.25) is 5.89 Å². The Balaban J connectivity index is 1.34. The molecule has 1 N–H and O–H groups in total. The van der Waals surface area contributed by atoms with Crippen molar-refractivity contribution in [1.29, 1.82) is 0 Å². The molecule has 7 heteroatoms.